The summed E-state index contributed by atoms with van der Waals surface area (Å²) in [5.41, 5.74) is 0.717. The summed E-state index contributed by atoms with van der Waals surface area (Å²) in [6, 6.07) is 21.2. The Labute approximate surface area is 168 Å². The number of hydrogen-bond acceptors (Lipinski definition) is 4. The molecule has 1 aliphatic heterocycles. The van der Waals surface area contributed by atoms with Crippen molar-refractivity contribution in [1.82, 2.24) is 4.98 Å². The summed E-state index contributed by atoms with van der Waals surface area (Å²) in [5.74, 6) is 0.444. The maximum atomic E-state index is 11.9. The summed E-state index contributed by atoms with van der Waals surface area (Å²) in [4.78, 5) is 4.45. The number of ether oxygens (including phenoxy) is 1. The van der Waals surface area contributed by atoms with Gasteiger partial charge in [0.25, 0.3) is 0 Å². The number of rotatable bonds is 2. The number of halogens is 1. The lowest BCUT2D eigenvalue weighted by molar-refractivity contribution is -0.107. The molecule has 1 aliphatic carbocycles. The Morgan fingerprint density at radius 2 is 1.89 bits per heavy atom. The highest BCUT2D eigenvalue weighted by Crippen LogP contribution is 2.66. The molecule has 0 radical (unpaired) electrons. The summed E-state index contributed by atoms with van der Waals surface area (Å²) in [7, 11) is 0. The van der Waals surface area contributed by atoms with E-state index in [1.165, 1.54) is 0 Å². The summed E-state index contributed by atoms with van der Waals surface area (Å²) >= 11 is 6.15. The Balaban J connectivity index is 1.76. The molecule has 5 rings (SSSR count). The monoisotopic (exact) mass is 388 g/mol. The molecule has 0 amide bonds. The molecule has 3 atom stereocenters. The van der Waals surface area contributed by atoms with Crippen LogP contribution in [-0.4, -0.2) is 10.1 Å². The molecule has 1 N–H and O–H groups in total. The van der Waals surface area contributed by atoms with E-state index in [1.54, 1.807) is 24.4 Å². The van der Waals surface area contributed by atoms with Gasteiger partial charge in [0, 0.05) is 18.2 Å². The molecule has 138 valence electrons. The van der Waals surface area contributed by atoms with Crippen molar-refractivity contribution in [2.45, 2.75) is 30.0 Å². The largest absolute Gasteiger partial charge is 0.476 e. The molecular formula is C23H17ClN2O2. The van der Waals surface area contributed by atoms with E-state index in [0.29, 0.717) is 28.5 Å². The van der Waals surface area contributed by atoms with Crippen molar-refractivity contribution in [2.24, 2.45) is 0 Å². The molecule has 4 nitrogen and oxygen atoms in total. The van der Waals surface area contributed by atoms with Crippen LogP contribution in [0, 0.1) is 11.3 Å². The van der Waals surface area contributed by atoms with Gasteiger partial charge in [-0.15, -0.1) is 0 Å². The first-order valence-corrected chi connectivity index (χ1v) is 9.59. The third-order valence-corrected chi connectivity index (χ3v) is 6.23. The topological polar surface area (TPSA) is 66.1 Å². The van der Waals surface area contributed by atoms with Gasteiger partial charge in [0.1, 0.15) is 11.4 Å². The molecule has 0 spiro atoms. The summed E-state index contributed by atoms with van der Waals surface area (Å²) in [5, 5.41) is 21.6. The third kappa shape index (κ3) is 2.18. The molecule has 3 unspecified atom stereocenters. The number of fused-ring (bicyclic) bond motifs is 3. The van der Waals surface area contributed by atoms with Crippen molar-refractivity contribution < 1.29 is 9.84 Å². The quantitative estimate of drug-likeness (QED) is 0.693. The van der Waals surface area contributed by atoms with E-state index < -0.39 is 11.2 Å². The minimum absolute atomic E-state index is 0.0698. The Morgan fingerprint density at radius 3 is 2.61 bits per heavy atom. The summed E-state index contributed by atoms with van der Waals surface area (Å²) in [6.45, 7) is 0. The van der Waals surface area contributed by atoms with E-state index in [-0.39, 0.29) is 5.92 Å². The van der Waals surface area contributed by atoms with Gasteiger partial charge in [-0.2, -0.15) is 5.26 Å². The third-order valence-electron chi connectivity index (χ3n) is 6.03. The van der Waals surface area contributed by atoms with Crippen molar-refractivity contribution in [1.29, 1.82) is 5.26 Å². The van der Waals surface area contributed by atoms with Crippen LogP contribution < -0.4 is 4.74 Å². The number of hydrogen-bond donors (Lipinski definition) is 1. The van der Waals surface area contributed by atoms with Gasteiger partial charge in [0.05, 0.1) is 16.7 Å². The fourth-order valence-electron chi connectivity index (χ4n) is 4.84. The lowest BCUT2D eigenvalue weighted by Crippen LogP contribution is -2.48. The fourth-order valence-corrected chi connectivity index (χ4v) is 4.99. The highest BCUT2D eigenvalue weighted by atomic mass is 35.5. The molecule has 2 aliphatic rings. The van der Waals surface area contributed by atoms with Crippen LogP contribution in [0.4, 0.5) is 0 Å². The van der Waals surface area contributed by atoms with Crippen LogP contribution in [-0.2, 0) is 11.2 Å². The predicted octanol–water partition coefficient (Wildman–Crippen LogP) is 4.66. The fraction of sp³-hybridized carbons (Fsp3) is 0.217. The second-order valence-electron chi connectivity index (χ2n) is 7.39. The summed E-state index contributed by atoms with van der Waals surface area (Å²) in [6.07, 6.45) is 2.82. The first kappa shape index (κ1) is 17.2. The highest BCUT2D eigenvalue weighted by Gasteiger charge is 2.69. The van der Waals surface area contributed by atoms with Gasteiger partial charge in [-0.3, -0.25) is 4.98 Å². The van der Waals surface area contributed by atoms with Crippen molar-refractivity contribution in [2.75, 3.05) is 0 Å². The van der Waals surface area contributed by atoms with Crippen LogP contribution in [0.5, 0.6) is 5.75 Å². The average Bonchev–Trinajstić information content (AvgIpc) is 3.15. The van der Waals surface area contributed by atoms with E-state index in [4.69, 9.17) is 16.3 Å². The van der Waals surface area contributed by atoms with Crippen LogP contribution in [0.25, 0.3) is 0 Å². The zero-order chi connectivity index (χ0) is 19.4. The Kier molecular flexibility index (Phi) is 3.74. The first-order chi connectivity index (χ1) is 13.6. The van der Waals surface area contributed by atoms with Gasteiger partial charge in [0.2, 0.25) is 0 Å². The van der Waals surface area contributed by atoms with Gasteiger partial charge in [-0.05, 0) is 36.1 Å². The normalized spacial score (nSPS) is 27.5. The van der Waals surface area contributed by atoms with Crippen molar-refractivity contribution in [3.8, 4) is 11.8 Å². The highest BCUT2D eigenvalue weighted by molar-refractivity contribution is 6.30. The van der Waals surface area contributed by atoms with Gasteiger partial charge >= 0.3 is 0 Å². The lowest BCUT2D eigenvalue weighted by atomic mass is 9.72. The minimum Gasteiger partial charge on any atom is -0.476 e. The average molecular weight is 389 g/mol. The lowest BCUT2D eigenvalue weighted by Gasteiger charge is -2.39. The minimum atomic E-state index is -1.28. The van der Waals surface area contributed by atoms with Crippen molar-refractivity contribution >= 4 is 11.6 Å². The van der Waals surface area contributed by atoms with Crippen LogP contribution >= 0.6 is 11.6 Å². The van der Waals surface area contributed by atoms with Crippen LogP contribution in [0.2, 0.25) is 5.02 Å². The van der Waals surface area contributed by atoms with E-state index >= 15 is 0 Å². The Hall–Kier alpha value is -2.87. The summed E-state index contributed by atoms with van der Waals surface area (Å²) < 4.78 is 6.55. The molecular weight excluding hydrogens is 372 g/mol. The van der Waals surface area contributed by atoms with E-state index in [1.807, 2.05) is 30.3 Å². The molecule has 0 bridgehead atoms. The molecule has 0 saturated heterocycles. The number of nitrogens with zero attached hydrogens (tertiary/aromatic N) is 2. The van der Waals surface area contributed by atoms with Gasteiger partial charge in [-0.25, -0.2) is 0 Å². The smallest absolute Gasteiger partial charge is 0.175 e. The second-order valence-corrected chi connectivity index (χ2v) is 7.83. The van der Waals surface area contributed by atoms with Crippen LogP contribution in [0.1, 0.15) is 41.1 Å². The van der Waals surface area contributed by atoms with E-state index in [9.17, 15) is 10.4 Å². The molecule has 1 fully saturated rings. The zero-order valence-electron chi connectivity index (χ0n) is 15.0. The predicted molar refractivity (Wildman–Crippen MR) is 105 cm³/mol. The molecule has 28 heavy (non-hydrogen) atoms. The molecule has 3 aromatic rings. The van der Waals surface area contributed by atoms with Crippen LogP contribution in [0.3, 0.4) is 0 Å². The molecule has 5 heteroatoms. The first-order valence-electron chi connectivity index (χ1n) is 9.21. The number of nitriles is 1. The SMILES string of the molecule is N#Cc1ccc(C23Oc4cc(Cl)cnc4C2(O)CCC3c2ccccc2)cc1. The Bertz CT molecular complexity index is 1090. The maximum absolute atomic E-state index is 11.9. The van der Waals surface area contributed by atoms with Crippen LogP contribution in [0.15, 0.2) is 66.9 Å². The van der Waals surface area contributed by atoms with Crippen molar-refractivity contribution in [3.63, 3.8) is 0 Å². The van der Waals surface area contributed by atoms with Crippen molar-refractivity contribution in [3.05, 3.63) is 94.3 Å². The van der Waals surface area contributed by atoms with Gasteiger partial charge in [-0.1, -0.05) is 54.1 Å². The standard InChI is InChI=1S/C23H17ClN2O2/c24-18-12-20-21(26-14-18)22(27)11-10-19(16-4-2-1-3-5-16)23(22,28-20)17-8-6-15(13-25)7-9-17/h1-9,12,14,19,27H,10-11H2. The molecule has 2 aromatic carbocycles. The maximum Gasteiger partial charge on any atom is 0.175 e. The molecule has 2 heterocycles. The van der Waals surface area contributed by atoms with Gasteiger partial charge in [0.15, 0.2) is 11.2 Å². The number of aromatic nitrogens is 1. The van der Waals surface area contributed by atoms with E-state index in [0.717, 1.165) is 17.5 Å². The molecule has 1 aromatic heterocycles. The Morgan fingerprint density at radius 1 is 1.14 bits per heavy atom. The van der Waals surface area contributed by atoms with E-state index in [2.05, 4.69) is 23.2 Å². The number of benzene rings is 2. The number of pyridine rings is 1. The molecule has 1 saturated carbocycles. The van der Waals surface area contributed by atoms with Gasteiger partial charge < -0.3 is 9.84 Å². The zero-order valence-corrected chi connectivity index (χ0v) is 15.7. The number of aliphatic hydroxyl groups is 1. The second kappa shape index (κ2) is 6.07.